The van der Waals surface area contributed by atoms with Gasteiger partial charge in [-0.1, -0.05) is 46.8 Å². The third kappa shape index (κ3) is 2.60. The van der Waals surface area contributed by atoms with Gasteiger partial charge in [0.1, 0.15) is 0 Å². The molecule has 0 radical (unpaired) electrons. The number of aliphatic hydroxyl groups excluding tert-OH is 1. The molecule has 2 heteroatoms. The maximum Gasteiger partial charge on any atom is 0.0594 e. The van der Waals surface area contributed by atoms with Gasteiger partial charge in [-0.25, -0.2) is 0 Å². The Hall–Kier alpha value is -0.630. The summed E-state index contributed by atoms with van der Waals surface area (Å²) < 4.78 is 0. The van der Waals surface area contributed by atoms with Crippen molar-refractivity contribution in [1.82, 2.24) is 0 Å². The van der Waals surface area contributed by atoms with Crippen LogP contribution < -0.4 is 0 Å². The van der Waals surface area contributed by atoms with Crippen LogP contribution in [-0.2, 0) is 0 Å². The van der Waals surface area contributed by atoms with Crippen LogP contribution in [0.5, 0.6) is 0 Å². The van der Waals surface area contributed by atoms with Crippen molar-refractivity contribution in [2.75, 3.05) is 0 Å². The second kappa shape index (κ2) is 6.96. The van der Waals surface area contributed by atoms with E-state index in [4.69, 9.17) is 5.41 Å². The Balaban J connectivity index is 1.56. The van der Waals surface area contributed by atoms with Gasteiger partial charge in [0, 0.05) is 11.6 Å². The van der Waals surface area contributed by atoms with Crippen molar-refractivity contribution in [3.8, 4) is 0 Å². The lowest BCUT2D eigenvalue weighted by Crippen LogP contribution is -2.66. The molecule has 10 atom stereocenters. The van der Waals surface area contributed by atoms with E-state index in [0.717, 1.165) is 18.3 Å². The van der Waals surface area contributed by atoms with Crippen LogP contribution in [0.4, 0.5) is 0 Å². The van der Waals surface area contributed by atoms with Gasteiger partial charge in [0.25, 0.3) is 0 Å². The first-order valence-electron chi connectivity index (χ1n) is 13.7. The predicted octanol–water partition coefficient (Wildman–Crippen LogP) is 7.65. The Morgan fingerprint density at radius 3 is 2.22 bits per heavy atom. The fourth-order valence-corrected chi connectivity index (χ4v) is 11.4. The number of aliphatic hydroxyl groups is 1. The summed E-state index contributed by atoms with van der Waals surface area (Å²) in [5.74, 6) is 3.36. The summed E-state index contributed by atoms with van der Waals surface area (Å²) in [7, 11) is 0. The molecule has 2 N–H and O–H groups in total. The van der Waals surface area contributed by atoms with E-state index in [9.17, 15) is 5.11 Å². The topological polar surface area (TPSA) is 44.1 Å². The van der Waals surface area contributed by atoms with Crippen LogP contribution >= 0.6 is 0 Å². The zero-order valence-electron chi connectivity index (χ0n) is 21.8. The van der Waals surface area contributed by atoms with Gasteiger partial charge < -0.3 is 10.5 Å². The van der Waals surface area contributed by atoms with E-state index in [-0.39, 0.29) is 16.9 Å². The van der Waals surface area contributed by atoms with Gasteiger partial charge in [-0.2, -0.15) is 0 Å². The van der Waals surface area contributed by atoms with Crippen LogP contribution in [-0.4, -0.2) is 17.4 Å². The molecule has 5 fully saturated rings. The minimum Gasteiger partial charge on any atom is -0.393 e. The Kier molecular flexibility index (Phi) is 5.03. The molecule has 32 heavy (non-hydrogen) atoms. The van der Waals surface area contributed by atoms with Gasteiger partial charge in [-0.3, -0.25) is 0 Å². The molecule has 5 saturated carbocycles. The summed E-state index contributed by atoms with van der Waals surface area (Å²) in [6, 6.07) is 0. The summed E-state index contributed by atoms with van der Waals surface area (Å²) >= 11 is 0. The van der Waals surface area contributed by atoms with Crippen LogP contribution in [0.1, 0.15) is 106 Å². The highest BCUT2D eigenvalue weighted by molar-refractivity contribution is 5.64. The first-order valence-corrected chi connectivity index (χ1v) is 13.7. The van der Waals surface area contributed by atoms with Gasteiger partial charge in [-0.05, 0) is 122 Å². The van der Waals surface area contributed by atoms with Gasteiger partial charge in [-0.15, -0.1) is 0 Å². The molecule has 0 heterocycles. The first-order chi connectivity index (χ1) is 14.9. The fourth-order valence-electron chi connectivity index (χ4n) is 11.4. The van der Waals surface area contributed by atoms with Crippen molar-refractivity contribution in [3.63, 3.8) is 0 Å². The van der Waals surface area contributed by atoms with Crippen molar-refractivity contribution in [1.29, 1.82) is 5.41 Å². The molecule has 4 unspecified atom stereocenters. The van der Waals surface area contributed by atoms with E-state index in [1.807, 2.05) is 6.21 Å². The largest absolute Gasteiger partial charge is 0.393 e. The number of rotatable bonds is 2. The van der Waals surface area contributed by atoms with Crippen LogP contribution in [0.25, 0.3) is 0 Å². The van der Waals surface area contributed by atoms with Crippen LogP contribution in [0.3, 0.4) is 0 Å². The standard InChI is InChI=1S/C30H49NO/c1-19(2)20-10-15-30(18-31)17-16-28(6)21(25(20)30)8-9-23-27(5)13-12-24(32)26(3,4)22(27)11-14-29(23,28)7/h18,20-25,31-32H,1,8-17H2,2-7H3/t20-,21?,22?,23?,24-,25?,27-,28+,29+,30+/m0/s1. The molecule has 2 nitrogen and oxygen atoms in total. The Bertz CT molecular complexity index is 816. The second-order valence-electron chi connectivity index (χ2n) is 14.4. The van der Waals surface area contributed by atoms with Crippen LogP contribution in [0.2, 0.25) is 0 Å². The van der Waals surface area contributed by atoms with Gasteiger partial charge in [0.05, 0.1) is 6.10 Å². The lowest BCUT2D eigenvalue weighted by atomic mass is 9.32. The molecule has 0 aromatic carbocycles. The summed E-state index contributed by atoms with van der Waals surface area (Å²) in [5, 5.41) is 19.4. The maximum atomic E-state index is 10.9. The van der Waals surface area contributed by atoms with Crippen LogP contribution in [0, 0.1) is 62.1 Å². The van der Waals surface area contributed by atoms with Crippen molar-refractivity contribution in [2.24, 2.45) is 56.7 Å². The number of hydrogen-bond acceptors (Lipinski definition) is 2. The van der Waals surface area contributed by atoms with Crippen molar-refractivity contribution >= 4 is 6.21 Å². The average Bonchev–Trinajstić information content (AvgIpc) is 3.12. The highest BCUT2D eigenvalue weighted by atomic mass is 16.3. The van der Waals surface area contributed by atoms with Gasteiger partial charge in [0.2, 0.25) is 0 Å². The smallest absolute Gasteiger partial charge is 0.0594 e. The lowest BCUT2D eigenvalue weighted by molar-refractivity contribution is -0.243. The summed E-state index contributed by atoms with van der Waals surface area (Å²) in [6.45, 7) is 19.4. The summed E-state index contributed by atoms with van der Waals surface area (Å²) in [4.78, 5) is 0. The second-order valence-corrected chi connectivity index (χ2v) is 14.4. The van der Waals surface area contributed by atoms with Crippen molar-refractivity contribution < 1.29 is 5.11 Å². The molecule has 0 aliphatic heterocycles. The van der Waals surface area contributed by atoms with Crippen molar-refractivity contribution in [3.05, 3.63) is 12.2 Å². The SMILES string of the molecule is C=C(C)[C@@H]1CC[C@]2(C=N)CC[C@]3(C)C(CCC4[C@@]5(C)CC[C@H](O)C(C)(C)C5CC[C@]43C)C12. The molecular formula is C30H49NO. The van der Waals surface area contributed by atoms with E-state index in [2.05, 4.69) is 48.1 Å². The zero-order valence-corrected chi connectivity index (χ0v) is 21.8. The Labute approximate surface area is 197 Å². The molecule has 0 aromatic rings. The molecule has 5 rings (SSSR count). The molecule has 0 amide bonds. The number of hydrogen-bond donors (Lipinski definition) is 2. The molecule has 0 saturated heterocycles. The molecule has 0 spiro atoms. The monoisotopic (exact) mass is 439 g/mol. The quantitative estimate of drug-likeness (QED) is 0.337. The van der Waals surface area contributed by atoms with E-state index in [0.29, 0.717) is 34.0 Å². The minimum absolute atomic E-state index is 0.0322. The minimum atomic E-state index is -0.144. The number of nitrogens with one attached hydrogen (secondary N) is 1. The molecule has 5 aliphatic carbocycles. The van der Waals surface area contributed by atoms with E-state index in [1.165, 1.54) is 63.4 Å². The predicted molar refractivity (Wildman–Crippen MR) is 134 cm³/mol. The Morgan fingerprint density at radius 2 is 1.56 bits per heavy atom. The lowest BCUT2D eigenvalue weighted by Gasteiger charge is -2.72. The fraction of sp³-hybridized carbons (Fsp3) is 0.900. The normalized spacial score (nSPS) is 56.3. The summed E-state index contributed by atoms with van der Waals surface area (Å²) in [5.41, 5.74) is 2.62. The average molecular weight is 440 g/mol. The highest BCUT2D eigenvalue weighted by Crippen LogP contribution is 2.77. The van der Waals surface area contributed by atoms with E-state index < -0.39 is 0 Å². The number of allylic oxidation sites excluding steroid dienone is 1. The zero-order chi connectivity index (χ0) is 23.3. The Morgan fingerprint density at radius 1 is 0.844 bits per heavy atom. The molecule has 0 bridgehead atoms. The third-order valence-corrected chi connectivity index (χ3v) is 13.4. The first kappa shape index (κ1) is 23.1. The van der Waals surface area contributed by atoms with Gasteiger partial charge in [0.15, 0.2) is 0 Å². The third-order valence-electron chi connectivity index (χ3n) is 13.4. The highest BCUT2D eigenvalue weighted by Gasteiger charge is 2.70. The molecule has 0 aromatic heterocycles. The van der Waals surface area contributed by atoms with E-state index in [1.54, 1.807) is 0 Å². The maximum absolute atomic E-state index is 10.9. The van der Waals surface area contributed by atoms with Crippen molar-refractivity contribution in [2.45, 2.75) is 112 Å². The molecule has 5 aliphatic rings. The summed E-state index contributed by atoms with van der Waals surface area (Å²) in [6.07, 6.45) is 14.2. The van der Waals surface area contributed by atoms with Gasteiger partial charge >= 0.3 is 0 Å². The molecule has 180 valence electrons. The van der Waals surface area contributed by atoms with Crippen LogP contribution in [0.15, 0.2) is 12.2 Å². The molecular weight excluding hydrogens is 390 g/mol. The number of fused-ring (bicyclic) bond motifs is 7. The van der Waals surface area contributed by atoms with E-state index >= 15 is 0 Å².